The number of carbonyl (C=O) groups is 2. The summed E-state index contributed by atoms with van der Waals surface area (Å²) in [6.45, 7) is 0.0114. The second-order valence-electron chi connectivity index (χ2n) is 3.67. The molecule has 6 heteroatoms. The molecule has 1 aromatic heterocycles. The van der Waals surface area contributed by atoms with Crippen LogP contribution in [0, 0.1) is 0 Å². The first-order valence-electron chi connectivity index (χ1n) is 4.82. The lowest BCUT2D eigenvalue weighted by Gasteiger charge is -2.28. The van der Waals surface area contributed by atoms with Crippen LogP contribution in [0.4, 0.5) is 5.69 Å². The lowest BCUT2D eigenvalue weighted by atomic mass is 10.3. The van der Waals surface area contributed by atoms with E-state index >= 15 is 0 Å². The normalized spacial score (nSPS) is 24.6. The molecule has 0 aromatic carbocycles. The molecular formula is C10H12N3O2S+. The van der Waals surface area contributed by atoms with E-state index in [0.29, 0.717) is 11.6 Å². The van der Waals surface area contributed by atoms with Crippen LogP contribution < -0.4 is 10.2 Å². The van der Waals surface area contributed by atoms with Crippen molar-refractivity contribution < 1.29 is 9.59 Å². The highest BCUT2D eigenvalue weighted by molar-refractivity contribution is 8.00. The predicted octanol–water partition coefficient (Wildman–Crippen LogP) is 0.105. The number of aromatic nitrogens is 1. The molecule has 84 valence electrons. The van der Waals surface area contributed by atoms with Gasteiger partial charge in [0.1, 0.15) is 11.6 Å². The minimum atomic E-state index is -0.472. The quantitative estimate of drug-likeness (QED) is 0.758. The average Bonchev–Trinajstić information content (AvgIpc) is 2.62. The molecule has 2 heterocycles. The minimum Gasteiger partial charge on any atom is -0.365 e. The van der Waals surface area contributed by atoms with E-state index < -0.39 is 5.91 Å². The van der Waals surface area contributed by atoms with Crippen LogP contribution >= 0.6 is 11.8 Å². The van der Waals surface area contributed by atoms with Crippen molar-refractivity contribution in [1.29, 1.82) is 0 Å². The number of amides is 2. The average molecular weight is 238 g/mol. The van der Waals surface area contributed by atoms with Crippen LogP contribution in [-0.4, -0.2) is 35.0 Å². The molecule has 0 bridgehead atoms. The van der Waals surface area contributed by atoms with Gasteiger partial charge in [0.15, 0.2) is 12.2 Å². The van der Waals surface area contributed by atoms with Crippen molar-refractivity contribution in [2.45, 2.75) is 0 Å². The van der Waals surface area contributed by atoms with Gasteiger partial charge in [-0.25, -0.2) is 9.28 Å². The van der Waals surface area contributed by atoms with Gasteiger partial charge in [0.25, 0.3) is 5.91 Å². The summed E-state index contributed by atoms with van der Waals surface area (Å²) in [6.07, 6.45) is 3.25. The van der Waals surface area contributed by atoms with Gasteiger partial charge < -0.3 is 5.73 Å². The smallest absolute Gasteiger partial charge is 0.330 e. The van der Waals surface area contributed by atoms with Gasteiger partial charge in [-0.2, -0.15) is 0 Å². The van der Waals surface area contributed by atoms with Gasteiger partial charge in [-0.1, -0.05) is 11.8 Å². The van der Waals surface area contributed by atoms with Crippen molar-refractivity contribution in [3.8, 4) is 0 Å². The van der Waals surface area contributed by atoms with E-state index in [1.54, 1.807) is 24.5 Å². The number of pyridine rings is 1. The van der Waals surface area contributed by atoms with Gasteiger partial charge in [-0.05, 0) is 6.07 Å². The van der Waals surface area contributed by atoms with E-state index in [1.165, 1.54) is 11.8 Å². The van der Waals surface area contributed by atoms with Crippen LogP contribution in [0.15, 0.2) is 24.5 Å². The number of nitrogens with two attached hydrogens (primary N) is 1. The molecule has 1 saturated heterocycles. The Kier molecular flexibility index (Phi) is 2.93. The molecule has 1 aliphatic rings. The van der Waals surface area contributed by atoms with Crippen molar-refractivity contribution in [3.63, 3.8) is 0 Å². The molecule has 1 aromatic rings. The summed E-state index contributed by atoms with van der Waals surface area (Å²) in [7, 11) is 0. The number of hydrogen-bond donors (Lipinski definition) is 1. The predicted molar refractivity (Wildman–Crippen MR) is 62.4 cm³/mol. The zero-order valence-corrected chi connectivity index (χ0v) is 9.44. The Morgan fingerprint density at radius 3 is 2.94 bits per heavy atom. The highest BCUT2D eigenvalue weighted by atomic mass is 32.2. The minimum absolute atomic E-state index is 0.00611. The number of rotatable bonds is 3. The zero-order chi connectivity index (χ0) is 11.6. The summed E-state index contributed by atoms with van der Waals surface area (Å²) in [5, 5.41) is 0. The van der Waals surface area contributed by atoms with Crippen molar-refractivity contribution in [3.05, 3.63) is 24.5 Å². The van der Waals surface area contributed by atoms with Crippen molar-refractivity contribution in [2.24, 2.45) is 5.73 Å². The Morgan fingerprint density at radius 2 is 2.44 bits per heavy atom. The SMILES string of the molecule is NC(=O)C[N+]1(c2cccnc2)CSCC1=O. The monoisotopic (exact) mass is 238 g/mol. The zero-order valence-electron chi connectivity index (χ0n) is 8.63. The molecule has 0 radical (unpaired) electrons. The molecule has 0 aliphatic carbocycles. The maximum atomic E-state index is 11.9. The molecule has 2 amide bonds. The summed E-state index contributed by atoms with van der Waals surface area (Å²) in [5.74, 6) is 0.506. The summed E-state index contributed by atoms with van der Waals surface area (Å²) in [4.78, 5) is 27.0. The maximum absolute atomic E-state index is 11.9. The van der Waals surface area contributed by atoms with Crippen molar-refractivity contribution in [2.75, 3.05) is 18.2 Å². The summed E-state index contributed by atoms with van der Waals surface area (Å²) in [6, 6.07) is 3.56. The van der Waals surface area contributed by atoms with Crippen LogP contribution in [-0.2, 0) is 9.59 Å². The number of primary amides is 1. The van der Waals surface area contributed by atoms with E-state index in [2.05, 4.69) is 4.98 Å². The van der Waals surface area contributed by atoms with Crippen LogP contribution in [0.2, 0.25) is 0 Å². The molecule has 2 rings (SSSR count). The van der Waals surface area contributed by atoms with Crippen molar-refractivity contribution in [1.82, 2.24) is 9.47 Å². The summed E-state index contributed by atoms with van der Waals surface area (Å²) >= 11 is 1.51. The topological polar surface area (TPSA) is 73.1 Å². The third-order valence-corrected chi connectivity index (χ3v) is 3.65. The molecule has 0 spiro atoms. The van der Waals surface area contributed by atoms with Gasteiger partial charge in [0.2, 0.25) is 0 Å². The highest BCUT2D eigenvalue weighted by Gasteiger charge is 2.45. The third-order valence-electron chi connectivity index (χ3n) is 2.58. The second-order valence-corrected chi connectivity index (χ2v) is 4.63. The number of nitrogens with zero attached hydrogens (tertiary/aromatic N) is 2. The molecule has 16 heavy (non-hydrogen) atoms. The van der Waals surface area contributed by atoms with E-state index in [9.17, 15) is 9.59 Å². The number of carbonyl (C=O) groups excluding carboxylic acids is 2. The number of thioether (sulfide) groups is 1. The van der Waals surface area contributed by atoms with E-state index in [4.69, 9.17) is 5.73 Å². The van der Waals surface area contributed by atoms with Crippen molar-refractivity contribution >= 4 is 29.3 Å². The molecular weight excluding hydrogens is 226 g/mol. The first-order valence-corrected chi connectivity index (χ1v) is 5.98. The number of hydrogen-bond acceptors (Lipinski definition) is 4. The molecule has 1 fully saturated rings. The van der Waals surface area contributed by atoms with Gasteiger partial charge in [-0.3, -0.25) is 9.78 Å². The molecule has 2 N–H and O–H groups in total. The standard InChI is InChI=1S/C10H11N3O2S/c11-9(14)5-13(7-16-6-10(13)15)8-2-1-3-12-4-8/h1-4H,5-7H2,(H-,11,14)/p+1. The fraction of sp³-hybridized carbons (Fsp3) is 0.300. The number of quaternary nitrogens is 1. The molecule has 5 nitrogen and oxygen atoms in total. The van der Waals surface area contributed by atoms with E-state index in [1.807, 2.05) is 0 Å². The first-order chi connectivity index (χ1) is 7.65. The Morgan fingerprint density at radius 1 is 1.62 bits per heavy atom. The third kappa shape index (κ3) is 1.81. The maximum Gasteiger partial charge on any atom is 0.330 e. The largest absolute Gasteiger partial charge is 0.365 e. The lowest BCUT2D eigenvalue weighted by molar-refractivity contribution is -0.130. The highest BCUT2D eigenvalue weighted by Crippen LogP contribution is 2.31. The summed E-state index contributed by atoms with van der Waals surface area (Å²) < 4.78 is -0.00611. The molecule has 1 aliphatic heterocycles. The van der Waals surface area contributed by atoms with E-state index in [-0.39, 0.29) is 16.9 Å². The Hall–Kier alpha value is -1.40. The van der Waals surface area contributed by atoms with Crippen LogP contribution in [0.3, 0.4) is 0 Å². The van der Waals surface area contributed by atoms with Gasteiger partial charge in [0, 0.05) is 12.3 Å². The first kappa shape index (κ1) is 11.1. The summed E-state index contributed by atoms with van der Waals surface area (Å²) in [5.41, 5.74) is 5.95. The van der Waals surface area contributed by atoms with Gasteiger partial charge in [0.05, 0.1) is 6.20 Å². The van der Waals surface area contributed by atoms with E-state index in [0.717, 1.165) is 5.69 Å². The fourth-order valence-corrected chi connectivity index (χ4v) is 3.01. The second kappa shape index (κ2) is 4.23. The van der Waals surface area contributed by atoms with Gasteiger partial charge in [-0.15, -0.1) is 0 Å². The Balaban J connectivity index is 2.42. The van der Waals surface area contributed by atoms with Crippen LogP contribution in [0.1, 0.15) is 0 Å². The Labute approximate surface area is 97.2 Å². The molecule has 1 atom stereocenters. The van der Waals surface area contributed by atoms with Crippen LogP contribution in [0.25, 0.3) is 0 Å². The molecule has 1 unspecified atom stereocenters. The van der Waals surface area contributed by atoms with Crippen LogP contribution in [0.5, 0.6) is 0 Å². The fourth-order valence-electron chi connectivity index (χ4n) is 1.80. The Bertz CT molecular complexity index is 423. The van der Waals surface area contributed by atoms with Gasteiger partial charge >= 0.3 is 5.91 Å². The molecule has 0 saturated carbocycles. The lowest BCUT2D eigenvalue weighted by Crippen LogP contribution is -2.55.